The van der Waals surface area contributed by atoms with Crippen molar-refractivity contribution >= 4 is 29.0 Å². The molecule has 0 radical (unpaired) electrons. The Morgan fingerprint density at radius 2 is 1.89 bits per heavy atom. The summed E-state index contributed by atoms with van der Waals surface area (Å²) < 4.78 is 5.30. The summed E-state index contributed by atoms with van der Waals surface area (Å²) in [5.41, 5.74) is 7.35. The first-order valence-corrected chi connectivity index (χ1v) is 6.44. The second-order valence-electron chi connectivity index (χ2n) is 4.57. The highest BCUT2D eigenvalue weighted by Gasteiger charge is 2.21. The molecule has 0 bridgehead atoms. The van der Waals surface area contributed by atoms with Crippen LogP contribution in [0.15, 0.2) is 22.7 Å². The van der Waals surface area contributed by atoms with Crippen molar-refractivity contribution in [1.29, 1.82) is 0 Å². The Morgan fingerprint density at radius 3 is 2.44 bits per heavy atom. The maximum Gasteiger partial charge on any atom is 0.175 e. The van der Waals surface area contributed by atoms with E-state index in [1.54, 1.807) is 18.2 Å². The molecule has 96 valence electrons. The summed E-state index contributed by atoms with van der Waals surface area (Å²) in [5.74, 6) is 1.40. The van der Waals surface area contributed by atoms with Crippen LogP contribution in [0, 0.1) is 5.92 Å². The fraction of sp³-hybridized carbons (Fsp3) is 0.308. The molecule has 3 nitrogen and oxygen atoms in total. The molecule has 0 unspecified atom stereocenters. The van der Waals surface area contributed by atoms with Crippen molar-refractivity contribution in [2.24, 2.45) is 5.92 Å². The molecule has 0 saturated carbocycles. The highest BCUT2D eigenvalue weighted by Crippen LogP contribution is 2.38. The van der Waals surface area contributed by atoms with Crippen molar-refractivity contribution in [3.8, 4) is 11.3 Å². The number of nitrogen functional groups attached to an aromatic ring is 1. The summed E-state index contributed by atoms with van der Waals surface area (Å²) in [5, 5.41) is 4.88. The molecule has 0 aliphatic rings. The molecule has 0 aliphatic carbocycles. The van der Waals surface area contributed by atoms with E-state index in [0.29, 0.717) is 33.1 Å². The van der Waals surface area contributed by atoms with Crippen LogP contribution in [0.3, 0.4) is 0 Å². The SMILES string of the molecule is CC(C)Cc1c(N)noc1-c1c(Cl)cccc1Cl. The molecule has 0 atom stereocenters. The first-order valence-electron chi connectivity index (χ1n) is 5.69. The molecule has 1 aromatic heterocycles. The average molecular weight is 285 g/mol. The van der Waals surface area contributed by atoms with Gasteiger partial charge in [-0.1, -0.05) is 48.3 Å². The summed E-state index contributed by atoms with van der Waals surface area (Å²) in [6.07, 6.45) is 0.770. The van der Waals surface area contributed by atoms with Crippen molar-refractivity contribution in [3.05, 3.63) is 33.8 Å². The number of halogens is 2. The quantitative estimate of drug-likeness (QED) is 0.907. The number of hydrogen-bond acceptors (Lipinski definition) is 3. The minimum Gasteiger partial charge on any atom is -0.381 e. The topological polar surface area (TPSA) is 52.0 Å². The van der Waals surface area contributed by atoms with Gasteiger partial charge in [0.05, 0.1) is 15.6 Å². The lowest BCUT2D eigenvalue weighted by molar-refractivity contribution is 0.434. The van der Waals surface area contributed by atoms with Gasteiger partial charge in [-0.05, 0) is 24.5 Å². The van der Waals surface area contributed by atoms with Crippen molar-refractivity contribution in [2.45, 2.75) is 20.3 Å². The summed E-state index contributed by atoms with van der Waals surface area (Å²) in [7, 11) is 0. The Bertz CT molecular complexity index is 544. The Morgan fingerprint density at radius 1 is 1.28 bits per heavy atom. The van der Waals surface area contributed by atoms with E-state index in [1.807, 2.05) is 0 Å². The highest BCUT2D eigenvalue weighted by atomic mass is 35.5. The summed E-state index contributed by atoms with van der Waals surface area (Å²) in [6.45, 7) is 4.20. The zero-order valence-electron chi connectivity index (χ0n) is 10.2. The standard InChI is InChI=1S/C13H14Cl2N2O/c1-7(2)6-8-12(18-17-13(8)16)11-9(14)4-3-5-10(11)15/h3-5,7H,6H2,1-2H3,(H2,16,17). The predicted octanol–water partition coefficient (Wildman–Crippen LogP) is 4.43. The van der Waals surface area contributed by atoms with Crippen LogP contribution in [-0.4, -0.2) is 5.16 Å². The van der Waals surface area contributed by atoms with Gasteiger partial charge in [-0.15, -0.1) is 0 Å². The number of benzene rings is 1. The van der Waals surface area contributed by atoms with Gasteiger partial charge in [0.2, 0.25) is 0 Å². The van der Waals surface area contributed by atoms with Crippen LogP contribution in [0.5, 0.6) is 0 Å². The zero-order valence-corrected chi connectivity index (χ0v) is 11.7. The number of rotatable bonds is 3. The fourth-order valence-electron chi connectivity index (χ4n) is 1.84. The van der Waals surface area contributed by atoms with Crippen molar-refractivity contribution in [2.75, 3.05) is 5.73 Å². The molecule has 5 heteroatoms. The van der Waals surface area contributed by atoms with Gasteiger partial charge in [0.15, 0.2) is 11.6 Å². The lowest BCUT2D eigenvalue weighted by Gasteiger charge is -2.07. The van der Waals surface area contributed by atoms with Crippen LogP contribution >= 0.6 is 23.2 Å². The number of aromatic nitrogens is 1. The van der Waals surface area contributed by atoms with Gasteiger partial charge in [0, 0.05) is 5.56 Å². The van der Waals surface area contributed by atoms with Gasteiger partial charge in [-0.3, -0.25) is 0 Å². The van der Waals surface area contributed by atoms with E-state index in [1.165, 1.54) is 0 Å². The molecule has 2 rings (SSSR count). The van der Waals surface area contributed by atoms with Gasteiger partial charge in [0.1, 0.15) is 0 Å². The molecule has 0 spiro atoms. The van der Waals surface area contributed by atoms with E-state index in [0.717, 1.165) is 12.0 Å². The van der Waals surface area contributed by atoms with Crippen LogP contribution < -0.4 is 5.73 Å². The molecule has 0 amide bonds. The van der Waals surface area contributed by atoms with E-state index in [4.69, 9.17) is 33.5 Å². The zero-order chi connectivity index (χ0) is 13.3. The maximum absolute atomic E-state index is 6.17. The van der Waals surface area contributed by atoms with Crippen molar-refractivity contribution < 1.29 is 4.52 Å². The number of hydrogen-bond donors (Lipinski definition) is 1. The van der Waals surface area contributed by atoms with Crippen LogP contribution in [0.2, 0.25) is 10.0 Å². The Hall–Kier alpha value is -1.19. The second-order valence-corrected chi connectivity index (χ2v) is 5.38. The first kappa shape index (κ1) is 13.2. The van der Waals surface area contributed by atoms with Crippen LogP contribution in [0.25, 0.3) is 11.3 Å². The molecule has 2 N–H and O–H groups in total. The Kier molecular flexibility index (Phi) is 3.83. The Labute approximate surface area is 116 Å². The smallest absolute Gasteiger partial charge is 0.175 e. The Balaban J connectivity index is 2.58. The van der Waals surface area contributed by atoms with E-state index < -0.39 is 0 Å². The lowest BCUT2D eigenvalue weighted by Crippen LogP contribution is -1.99. The summed E-state index contributed by atoms with van der Waals surface area (Å²) >= 11 is 12.3. The molecule has 0 saturated heterocycles. The number of nitrogens with zero attached hydrogens (tertiary/aromatic N) is 1. The molecule has 1 heterocycles. The van der Waals surface area contributed by atoms with Crippen LogP contribution in [0.1, 0.15) is 19.4 Å². The molecule has 0 fully saturated rings. The van der Waals surface area contributed by atoms with Gasteiger partial charge in [-0.25, -0.2) is 0 Å². The summed E-state index contributed by atoms with van der Waals surface area (Å²) in [4.78, 5) is 0. The summed E-state index contributed by atoms with van der Waals surface area (Å²) in [6, 6.07) is 5.32. The van der Waals surface area contributed by atoms with Crippen LogP contribution in [-0.2, 0) is 6.42 Å². The van der Waals surface area contributed by atoms with Crippen molar-refractivity contribution in [3.63, 3.8) is 0 Å². The van der Waals surface area contributed by atoms with Crippen molar-refractivity contribution in [1.82, 2.24) is 5.16 Å². The molecule has 0 aliphatic heterocycles. The normalized spacial score (nSPS) is 11.2. The molecular formula is C13H14Cl2N2O. The maximum atomic E-state index is 6.17. The largest absolute Gasteiger partial charge is 0.381 e. The lowest BCUT2D eigenvalue weighted by atomic mass is 9.99. The van der Waals surface area contributed by atoms with Gasteiger partial charge in [0.25, 0.3) is 0 Å². The minimum absolute atomic E-state index is 0.398. The molecular weight excluding hydrogens is 271 g/mol. The van der Waals surface area contributed by atoms with E-state index in [9.17, 15) is 0 Å². The minimum atomic E-state index is 0.398. The molecule has 2 aromatic rings. The first-order chi connectivity index (χ1) is 8.50. The van der Waals surface area contributed by atoms with E-state index in [-0.39, 0.29) is 0 Å². The van der Waals surface area contributed by atoms with Crippen LogP contribution in [0.4, 0.5) is 5.82 Å². The molecule has 1 aromatic carbocycles. The van der Waals surface area contributed by atoms with E-state index in [2.05, 4.69) is 19.0 Å². The average Bonchev–Trinajstić information content (AvgIpc) is 2.61. The third kappa shape index (κ3) is 2.47. The predicted molar refractivity (Wildman–Crippen MR) is 74.9 cm³/mol. The van der Waals surface area contributed by atoms with E-state index >= 15 is 0 Å². The molecule has 18 heavy (non-hydrogen) atoms. The number of nitrogens with two attached hydrogens (primary N) is 1. The second kappa shape index (κ2) is 5.21. The van der Waals surface area contributed by atoms with Gasteiger partial charge < -0.3 is 10.3 Å². The number of anilines is 1. The highest BCUT2D eigenvalue weighted by molar-refractivity contribution is 6.39. The third-order valence-corrected chi connectivity index (χ3v) is 3.25. The fourth-order valence-corrected chi connectivity index (χ4v) is 2.41. The monoisotopic (exact) mass is 284 g/mol. The van der Waals surface area contributed by atoms with Gasteiger partial charge in [-0.2, -0.15) is 0 Å². The van der Waals surface area contributed by atoms with Gasteiger partial charge >= 0.3 is 0 Å². The third-order valence-electron chi connectivity index (χ3n) is 2.62.